The van der Waals surface area contributed by atoms with E-state index in [1.807, 2.05) is 18.2 Å². The molecule has 1 saturated heterocycles. The molecule has 0 spiro atoms. The smallest absolute Gasteiger partial charge is 0.268 e. The molecule has 1 atom stereocenters. The first-order valence-corrected chi connectivity index (χ1v) is 10.0. The van der Waals surface area contributed by atoms with Gasteiger partial charge in [-0.2, -0.15) is 5.26 Å². The monoisotopic (exact) mass is 435 g/mol. The molecule has 3 heterocycles. The number of nitriles is 1. The summed E-state index contributed by atoms with van der Waals surface area (Å²) in [6.45, 7) is -0.440. The van der Waals surface area contributed by atoms with Crippen LogP contribution in [-0.2, 0) is 11.2 Å². The molecule has 2 aromatic rings. The van der Waals surface area contributed by atoms with Crippen LogP contribution in [0.5, 0.6) is 0 Å². The molecule has 0 aliphatic carbocycles. The van der Waals surface area contributed by atoms with E-state index in [9.17, 15) is 18.4 Å². The molecule has 2 amide bonds. The highest BCUT2D eigenvalue weighted by Gasteiger charge is 2.47. The van der Waals surface area contributed by atoms with Crippen LogP contribution in [0.25, 0.3) is 0 Å². The molecule has 0 radical (unpaired) electrons. The highest BCUT2D eigenvalue weighted by Crippen LogP contribution is 2.31. The molecule has 2 aliphatic heterocycles. The van der Waals surface area contributed by atoms with Gasteiger partial charge in [-0.15, -0.1) is 0 Å². The van der Waals surface area contributed by atoms with E-state index in [1.54, 1.807) is 6.07 Å². The van der Waals surface area contributed by atoms with E-state index < -0.39 is 43.3 Å². The van der Waals surface area contributed by atoms with Gasteiger partial charge in [-0.3, -0.25) is 14.6 Å². The molecule has 2 aliphatic rings. The Bertz CT molecular complexity index is 1180. The van der Waals surface area contributed by atoms with Gasteiger partial charge in [-0.1, -0.05) is 11.8 Å². The van der Waals surface area contributed by atoms with Crippen molar-refractivity contribution in [1.29, 1.82) is 5.26 Å². The summed E-state index contributed by atoms with van der Waals surface area (Å²) in [4.78, 5) is 29.7. The van der Waals surface area contributed by atoms with Crippen molar-refractivity contribution in [2.75, 3.05) is 25.0 Å². The molecule has 9 heteroatoms. The Labute approximate surface area is 183 Å². The van der Waals surface area contributed by atoms with Gasteiger partial charge >= 0.3 is 0 Å². The lowest BCUT2D eigenvalue weighted by molar-refractivity contribution is -0.131. The van der Waals surface area contributed by atoms with Gasteiger partial charge in [0.2, 0.25) is 5.91 Å². The van der Waals surface area contributed by atoms with Gasteiger partial charge in [0, 0.05) is 36.6 Å². The number of fused-ring (bicyclic) bond motifs is 1. The number of nitrogens with one attached hydrogen (secondary N) is 2. The second kappa shape index (κ2) is 8.64. The van der Waals surface area contributed by atoms with E-state index in [4.69, 9.17) is 5.26 Å². The predicted molar refractivity (Wildman–Crippen MR) is 112 cm³/mol. The molecular weight excluding hydrogens is 416 g/mol. The fourth-order valence-corrected chi connectivity index (χ4v) is 3.76. The largest absolute Gasteiger partial charge is 0.384 e. The highest BCUT2D eigenvalue weighted by molar-refractivity contribution is 5.98. The lowest BCUT2D eigenvalue weighted by atomic mass is 10.1. The van der Waals surface area contributed by atoms with Crippen LogP contribution in [0.3, 0.4) is 0 Å². The number of benzene rings is 1. The van der Waals surface area contributed by atoms with Gasteiger partial charge in [0.25, 0.3) is 11.8 Å². The van der Waals surface area contributed by atoms with E-state index in [2.05, 4.69) is 27.5 Å². The number of rotatable bonds is 3. The molecule has 7 nitrogen and oxygen atoms in total. The maximum absolute atomic E-state index is 13.5. The fourth-order valence-electron chi connectivity index (χ4n) is 3.76. The summed E-state index contributed by atoms with van der Waals surface area (Å²) in [5.41, 5.74) is 3.67. The number of carbonyl (C=O) groups excluding carboxylic acids is 2. The molecule has 0 saturated carbocycles. The number of halogens is 2. The van der Waals surface area contributed by atoms with Crippen LogP contribution in [0, 0.1) is 23.2 Å². The number of hydrogen-bond donors (Lipinski definition) is 2. The number of likely N-dealkylation sites (tertiary alicyclic amines) is 1. The van der Waals surface area contributed by atoms with Crippen LogP contribution in [0.1, 0.15) is 33.5 Å². The zero-order valence-electron chi connectivity index (χ0n) is 17.0. The Morgan fingerprint density at radius 1 is 1.31 bits per heavy atom. The molecule has 1 aromatic carbocycles. The summed E-state index contributed by atoms with van der Waals surface area (Å²) in [5.74, 6) is 1.53. The molecular formula is C23H19F2N5O2. The number of nitrogens with zero attached hydrogens (tertiary/aromatic N) is 3. The third kappa shape index (κ3) is 4.52. The Kier molecular flexibility index (Phi) is 5.74. The third-order valence-corrected chi connectivity index (χ3v) is 5.36. The topological polar surface area (TPSA) is 98.1 Å². The third-order valence-electron chi connectivity index (χ3n) is 5.36. The number of amides is 2. The molecule has 162 valence electrons. The molecule has 0 bridgehead atoms. The van der Waals surface area contributed by atoms with E-state index in [1.165, 1.54) is 24.0 Å². The Morgan fingerprint density at radius 3 is 2.97 bits per heavy atom. The summed E-state index contributed by atoms with van der Waals surface area (Å²) in [6, 6.07) is 7.81. The fraction of sp³-hybridized carbons (Fsp3) is 0.304. The summed E-state index contributed by atoms with van der Waals surface area (Å²) in [6.07, 6.45) is 3.10. The normalized spacial score (nSPS) is 18.0. The van der Waals surface area contributed by atoms with Crippen LogP contribution in [0.15, 0.2) is 36.7 Å². The van der Waals surface area contributed by atoms with Crippen molar-refractivity contribution in [3.05, 3.63) is 58.9 Å². The van der Waals surface area contributed by atoms with Crippen LogP contribution in [0.2, 0.25) is 0 Å². The second-order valence-electron chi connectivity index (χ2n) is 7.63. The van der Waals surface area contributed by atoms with Crippen molar-refractivity contribution >= 4 is 17.5 Å². The van der Waals surface area contributed by atoms with Gasteiger partial charge < -0.3 is 15.5 Å². The van der Waals surface area contributed by atoms with Gasteiger partial charge in [-0.05, 0) is 36.2 Å². The van der Waals surface area contributed by atoms with Crippen molar-refractivity contribution in [1.82, 2.24) is 15.2 Å². The number of carbonyl (C=O) groups is 2. The minimum atomic E-state index is -3.11. The first-order valence-electron chi connectivity index (χ1n) is 10.0. The number of pyridine rings is 1. The summed E-state index contributed by atoms with van der Waals surface area (Å²) >= 11 is 0. The standard InChI is InChI=1S/C23H19F2N5O2/c24-23(25)10-18(11-26)30(14-23)21(31)13-29-22(32)19-6-7-27-12-17(19)3-1-15-2-4-20-16(9-15)5-8-28-20/h2,4,6-7,9,12,18,28H,5,8,10,13-14H2,(H,29,32). The quantitative estimate of drug-likeness (QED) is 0.718. The molecule has 1 unspecified atom stereocenters. The molecule has 1 fully saturated rings. The first-order chi connectivity index (χ1) is 15.4. The zero-order chi connectivity index (χ0) is 22.7. The van der Waals surface area contributed by atoms with Crippen molar-refractivity contribution in [2.45, 2.75) is 24.8 Å². The minimum Gasteiger partial charge on any atom is -0.384 e. The maximum atomic E-state index is 13.5. The molecule has 32 heavy (non-hydrogen) atoms. The maximum Gasteiger partial charge on any atom is 0.268 e. The van der Waals surface area contributed by atoms with E-state index in [-0.39, 0.29) is 5.56 Å². The summed E-state index contributed by atoms with van der Waals surface area (Å²) in [5, 5.41) is 14.7. The number of anilines is 1. The van der Waals surface area contributed by atoms with Crippen LogP contribution in [-0.4, -0.2) is 53.3 Å². The van der Waals surface area contributed by atoms with Crippen LogP contribution in [0.4, 0.5) is 14.5 Å². The second-order valence-corrected chi connectivity index (χ2v) is 7.63. The van der Waals surface area contributed by atoms with Crippen LogP contribution < -0.4 is 10.6 Å². The Morgan fingerprint density at radius 2 is 2.16 bits per heavy atom. The number of aromatic nitrogens is 1. The van der Waals surface area contributed by atoms with Crippen LogP contribution >= 0.6 is 0 Å². The van der Waals surface area contributed by atoms with E-state index >= 15 is 0 Å². The minimum absolute atomic E-state index is 0.215. The van der Waals surface area contributed by atoms with Crippen molar-refractivity contribution in [3.8, 4) is 17.9 Å². The summed E-state index contributed by atoms with van der Waals surface area (Å²) < 4.78 is 27.1. The lowest BCUT2D eigenvalue weighted by Gasteiger charge is -2.19. The number of hydrogen-bond acceptors (Lipinski definition) is 5. The molecule has 2 N–H and O–H groups in total. The highest BCUT2D eigenvalue weighted by atomic mass is 19.3. The Hall–Kier alpha value is -3.98. The van der Waals surface area contributed by atoms with Crippen molar-refractivity contribution in [2.24, 2.45) is 0 Å². The van der Waals surface area contributed by atoms with E-state index in [0.717, 1.165) is 29.1 Å². The first kappa shape index (κ1) is 21.3. The van der Waals surface area contributed by atoms with Gasteiger partial charge in [0.15, 0.2) is 0 Å². The zero-order valence-corrected chi connectivity index (χ0v) is 17.0. The van der Waals surface area contributed by atoms with Gasteiger partial charge in [0.05, 0.1) is 30.3 Å². The summed E-state index contributed by atoms with van der Waals surface area (Å²) in [7, 11) is 0. The number of alkyl halides is 2. The molecule has 4 rings (SSSR count). The van der Waals surface area contributed by atoms with Crippen molar-refractivity contribution < 1.29 is 18.4 Å². The van der Waals surface area contributed by atoms with Gasteiger partial charge in [-0.25, -0.2) is 8.78 Å². The SMILES string of the molecule is N#CC1CC(F)(F)CN1C(=O)CNC(=O)c1ccncc1C#Cc1ccc2c(c1)CCN2. The molecule has 1 aromatic heterocycles. The lowest BCUT2D eigenvalue weighted by Crippen LogP contribution is -2.43. The van der Waals surface area contributed by atoms with Crippen molar-refractivity contribution in [3.63, 3.8) is 0 Å². The Balaban J connectivity index is 1.44. The van der Waals surface area contributed by atoms with Gasteiger partial charge in [0.1, 0.15) is 6.04 Å². The predicted octanol–water partition coefficient (Wildman–Crippen LogP) is 1.94. The average Bonchev–Trinajstić information content (AvgIpc) is 3.38. The van der Waals surface area contributed by atoms with E-state index in [0.29, 0.717) is 5.56 Å². The average molecular weight is 435 g/mol.